The number of anilines is 1. The SMILES string of the molecule is CC(C)c1nc([C@@H]2CCCN2CC(=O)Nc2ccc(Cl)cn2)no1. The van der Waals surface area contributed by atoms with Gasteiger partial charge in [-0.1, -0.05) is 30.6 Å². The van der Waals surface area contributed by atoms with Crippen molar-refractivity contribution in [1.29, 1.82) is 0 Å². The van der Waals surface area contributed by atoms with Crippen molar-refractivity contribution in [1.82, 2.24) is 20.0 Å². The van der Waals surface area contributed by atoms with Crippen molar-refractivity contribution in [3.8, 4) is 0 Å². The van der Waals surface area contributed by atoms with E-state index in [4.69, 9.17) is 16.1 Å². The number of carbonyl (C=O) groups excluding carboxylic acids is 1. The second-order valence-corrected chi connectivity index (χ2v) is 6.62. The molecule has 24 heavy (non-hydrogen) atoms. The highest BCUT2D eigenvalue weighted by Crippen LogP contribution is 2.30. The molecule has 0 unspecified atom stereocenters. The van der Waals surface area contributed by atoms with E-state index in [0.29, 0.717) is 22.6 Å². The lowest BCUT2D eigenvalue weighted by molar-refractivity contribution is -0.117. The molecule has 0 aliphatic carbocycles. The number of nitrogens with zero attached hydrogens (tertiary/aromatic N) is 4. The molecule has 8 heteroatoms. The molecule has 3 rings (SSSR count). The number of halogens is 1. The summed E-state index contributed by atoms with van der Waals surface area (Å²) in [4.78, 5) is 22.9. The first-order valence-corrected chi connectivity index (χ1v) is 8.39. The average molecular weight is 350 g/mol. The van der Waals surface area contributed by atoms with Crippen LogP contribution in [0.15, 0.2) is 22.9 Å². The van der Waals surface area contributed by atoms with Crippen molar-refractivity contribution in [3.05, 3.63) is 35.1 Å². The average Bonchev–Trinajstić information content (AvgIpc) is 3.18. The Balaban J connectivity index is 1.62. The summed E-state index contributed by atoms with van der Waals surface area (Å²) in [5.41, 5.74) is 0. The van der Waals surface area contributed by atoms with E-state index in [1.807, 2.05) is 13.8 Å². The number of carbonyl (C=O) groups is 1. The Labute approximate surface area is 145 Å². The van der Waals surface area contributed by atoms with Crippen LogP contribution in [0.3, 0.4) is 0 Å². The highest BCUT2D eigenvalue weighted by Gasteiger charge is 2.31. The van der Waals surface area contributed by atoms with Gasteiger partial charge in [0.15, 0.2) is 5.82 Å². The molecule has 1 atom stereocenters. The van der Waals surface area contributed by atoms with Crippen LogP contribution in [0.5, 0.6) is 0 Å². The Morgan fingerprint density at radius 3 is 3.00 bits per heavy atom. The number of rotatable bonds is 5. The van der Waals surface area contributed by atoms with Crippen LogP contribution < -0.4 is 5.32 Å². The number of nitrogens with one attached hydrogen (secondary N) is 1. The van der Waals surface area contributed by atoms with Gasteiger partial charge in [0.25, 0.3) is 0 Å². The Morgan fingerprint density at radius 2 is 2.33 bits per heavy atom. The zero-order valence-electron chi connectivity index (χ0n) is 13.7. The van der Waals surface area contributed by atoms with E-state index in [1.54, 1.807) is 12.1 Å². The molecule has 1 fully saturated rings. The number of hydrogen-bond acceptors (Lipinski definition) is 6. The molecule has 1 amide bonds. The summed E-state index contributed by atoms with van der Waals surface area (Å²) >= 11 is 5.79. The Hall–Kier alpha value is -1.99. The minimum absolute atomic E-state index is 0.0187. The van der Waals surface area contributed by atoms with Crippen molar-refractivity contribution >= 4 is 23.3 Å². The van der Waals surface area contributed by atoms with E-state index < -0.39 is 0 Å². The summed E-state index contributed by atoms with van der Waals surface area (Å²) in [7, 11) is 0. The predicted molar refractivity (Wildman–Crippen MR) is 89.8 cm³/mol. The fourth-order valence-electron chi connectivity index (χ4n) is 2.74. The molecule has 7 nitrogen and oxygen atoms in total. The van der Waals surface area contributed by atoms with E-state index in [9.17, 15) is 4.79 Å². The van der Waals surface area contributed by atoms with Gasteiger partial charge in [-0.2, -0.15) is 4.98 Å². The first kappa shape index (κ1) is 16.9. The van der Waals surface area contributed by atoms with Gasteiger partial charge in [-0.15, -0.1) is 0 Å². The van der Waals surface area contributed by atoms with Crippen LogP contribution in [-0.2, 0) is 4.79 Å². The topological polar surface area (TPSA) is 84.2 Å². The molecule has 0 saturated carbocycles. The number of likely N-dealkylation sites (tertiary alicyclic amines) is 1. The third kappa shape index (κ3) is 3.91. The van der Waals surface area contributed by atoms with Gasteiger partial charge in [-0.05, 0) is 31.5 Å². The second-order valence-electron chi connectivity index (χ2n) is 6.18. The molecule has 3 heterocycles. The molecule has 2 aromatic rings. The third-order valence-corrected chi connectivity index (χ3v) is 4.18. The van der Waals surface area contributed by atoms with Crippen molar-refractivity contribution in [3.63, 3.8) is 0 Å². The Bertz CT molecular complexity index is 701. The van der Waals surface area contributed by atoms with Crippen LogP contribution in [0.25, 0.3) is 0 Å². The molecule has 1 aliphatic heterocycles. The lowest BCUT2D eigenvalue weighted by atomic mass is 10.2. The van der Waals surface area contributed by atoms with Gasteiger partial charge in [0.2, 0.25) is 11.8 Å². The van der Waals surface area contributed by atoms with E-state index in [1.165, 1.54) is 6.20 Å². The number of aromatic nitrogens is 3. The van der Waals surface area contributed by atoms with Gasteiger partial charge in [0, 0.05) is 12.1 Å². The maximum Gasteiger partial charge on any atom is 0.239 e. The lowest BCUT2D eigenvalue weighted by Crippen LogP contribution is -2.33. The minimum Gasteiger partial charge on any atom is -0.339 e. The van der Waals surface area contributed by atoms with Gasteiger partial charge >= 0.3 is 0 Å². The largest absolute Gasteiger partial charge is 0.339 e. The molecule has 1 aliphatic rings. The summed E-state index contributed by atoms with van der Waals surface area (Å²) in [6.07, 6.45) is 3.43. The monoisotopic (exact) mass is 349 g/mol. The molecular formula is C16H20ClN5O2. The molecule has 0 spiro atoms. The van der Waals surface area contributed by atoms with E-state index >= 15 is 0 Å². The molecule has 0 aromatic carbocycles. The van der Waals surface area contributed by atoms with Crippen molar-refractivity contribution < 1.29 is 9.32 Å². The first-order valence-electron chi connectivity index (χ1n) is 8.02. The maximum atomic E-state index is 12.3. The Kier molecular flexibility index (Phi) is 5.11. The van der Waals surface area contributed by atoms with Gasteiger partial charge in [-0.3, -0.25) is 9.69 Å². The lowest BCUT2D eigenvalue weighted by Gasteiger charge is -2.20. The van der Waals surface area contributed by atoms with Crippen LogP contribution in [0, 0.1) is 0 Å². The third-order valence-electron chi connectivity index (χ3n) is 3.95. The van der Waals surface area contributed by atoms with Gasteiger partial charge < -0.3 is 9.84 Å². The first-order chi connectivity index (χ1) is 11.5. The fraction of sp³-hybridized carbons (Fsp3) is 0.500. The van der Waals surface area contributed by atoms with Gasteiger partial charge in [-0.25, -0.2) is 4.98 Å². The van der Waals surface area contributed by atoms with Crippen molar-refractivity contribution in [2.24, 2.45) is 0 Å². The zero-order valence-corrected chi connectivity index (χ0v) is 14.5. The second kappa shape index (κ2) is 7.27. The smallest absolute Gasteiger partial charge is 0.239 e. The number of hydrogen-bond donors (Lipinski definition) is 1. The molecule has 0 radical (unpaired) electrons. The molecule has 1 saturated heterocycles. The van der Waals surface area contributed by atoms with Gasteiger partial charge in [0.05, 0.1) is 17.6 Å². The van der Waals surface area contributed by atoms with E-state index in [2.05, 4.69) is 25.3 Å². The summed E-state index contributed by atoms with van der Waals surface area (Å²) < 4.78 is 5.29. The van der Waals surface area contributed by atoms with Crippen LogP contribution in [-0.4, -0.2) is 39.0 Å². The Morgan fingerprint density at radius 1 is 1.50 bits per heavy atom. The van der Waals surface area contributed by atoms with Crippen LogP contribution >= 0.6 is 11.6 Å². The zero-order chi connectivity index (χ0) is 17.1. The molecule has 128 valence electrons. The van der Waals surface area contributed by atoms with Crippen LogP contribution in [0.1, 0.15) is 50.4 Å². The summed E-state index contributed by atoms with van der Waals surface area (Å²) in [6.45, 7) is 5.12. The van der Waals surface area contributed by atoms with E-state index in [-0.39, 0.29) is 24.4 Å². The standard InChI is InChI=1S/C16H20ClN5O2/c1-10(2)16-20-15(21-24-16)12-4-3-7-22(12)9-14(23)19-13-6-5-11(17)8-18-13/h5-6,8,10,12H,3-4,7,9H2,1-2H3,(H,18,19,23)/t12-/m0/s1. The molecule has 2 aromatic heterocycles. The minimum atomic E-state index is -0.121. The molecule has 1 N–H and O–H groups in total. The molecule has 0 bridgehead atoms. The summed E-state index contributed by atoms with van der Waals surface area (Å²) in [6, 6.07) is 3.39. The highest BCUT2D eigenvalue weighted by molar-refractivity contribution is 6.30. The van der Waals surface area contributed by atoms with Crippen molar-refractivity contribution in [2.45, 2.75) is 38.6 Å². The quantitative estimate of drug-likeness (QED) is 0.893. The van der Waals surface area contributed by atoms with Crippen LogP contribution in [0.2, 0.25) is 5.02 Å². The van der Waals surface area contributed by atoms with E-state index in [0.717, 1.165) is 19.4 Å². The molecular weight excluding hydrogens is 330 g/mol. The fourth-order valence-corrected chi connectivity index (χ4v) is 2.85. The van der Waals surface area contributed by atoms with Gasteiger partial charge in [0.1, 0.15) is 5.82 Å². The summed E-state index contributed by atoms with van der Waals surface area (Å²) in [5.74, 6) is 1.85. The number of pyridine rings is 1. The predicted octanol–water partition coefficient (Wildman–Crippen LogP) is 3.02. The normalized spacial score (nSPS) is 18.2. The maximum absolute atomic E-state index is 12.3. The number of amides is 1. The van der Waals surface area contributed by atoms with Crippen LogP contribution in [0.4, 0.5) is 5.82 Å². The highest BCUT2D eigenvalue weighted by atomic mass is 35.5. The summed E-state index contributed by atoms with van der Waals surface area (Å²) in [5, 5.41) is 7.39. The van der Waals surface area contributed by atoms with Crippen molar-refractivity contribution in [2.75, 3.05) is 18.4 Å².